The molecule has 254 valence electrons. The highest BCUT2D eigenvalue weighted by molar-refractivity contribution is 7.92. The molecule has 0 unspecified atom stereocenters. The number of nitrogens with one attached hydrogen (secondary N) is 1. The quantitative estimate of drug-likeness (QED) is 0.185. The van der Waals surface area contributed by atoms with Gasteiger partial charge in [-0.05, 0) is 41.5 Å². The number of methoxy groups -OCH3 is 4. The van der Waals surface area contributed by atoms with E-state index in [1.54, 1.807) is 36.4 Å². The fourth-order valence-corrected chi connectivity index (χ4v) is 6.77. The van der Waals surface area contributed by atoms with Gasteiger partial charge in [0.1, 0.15) is 24.1 Å². The lowest BCUT2D eigenvalue weighted by Crippen LogP contribution is -2.53. The van der Waals surface area contributed by atoms with Crippen molar-refractivity contribution in [2.24, 2.45) is 0 Å². The maximum absolute atomic E-state index is 14.6. The number of hydrogen-bond acceptors (Lipinski definition) is 8. The number of rotatable bonds is 15. The predicted molar refractivity (Wildman–Crippen MR) is 184 cm³/mol. The van der Waals surface area contributed by atoms with Crippen molar-refractivity contribution >= 4 is 39.1 Å². The number of likely N-dealkylation sites (N-methyl/N-ethyl adjacent to an activating group) is 1. The Bertz CT molecular complexity index is 1840. The fourth-order valence-electron chi connectivity index (χ4n) is 5.14. The van der Waals surface area contributed by atoms with E-state index in [2.05, 4.69) is 5.32 Å². The van der Waals surface area contributed by atoms with Gasteiger partial charge in [0.2, 0.25) is 11.8 Å². The van der Waals surface area contributed by atoms with Crippen LogP contribution in [0, 0.1) is 0 Å². The first-order valence-corrected chi connectivity index (χ1v) is 16.6. The van der Waals surface area contributed by atoms with Gasteiger partial charge in [0.05, 0.1) is 39.0 Å². The number of nitrogens with zero attached hydrogens (tertiary/aromatic N) is 2. The van der Waals surface area contributed by atoms with E-state index < -0.39 is 34.4 Å². The summed E-state index contributed by atoms with van der Waals surface area (Å²) in [6, 6.07) is 23.9. The fraction of sp³-hybridized carbons (Fsp3) is 0.257. The zero-order valence-corrected chi connectivity index (χ0v) is 28.9. The monoisotopic (exact) mass is 695 g/mol. The maximum atomic E-state index is 14.6. The topological polar surface area (TPSA) is 124 Å². The molecular formula is C35H38ClN3O8S. The number of amides is 2. The minimum Gasteiger partial charge on any atom is -0.497 e. The molecule has 0 fully saturated rings. The summed E-state index contributed by atoms with van der Waals surface area (Å²) in [4.78, 5) is 29.3. The molecule has 4 aromatic carbocycles. The Balaban J connectivity index is 1.89. The maximum Gasteiger partial charge on any atom is 0.265 e. The number of ether oxygens (including phenoxy) is 4. The second kappa shape index (κ2) is 16.2. The molecule has 0 bridgehead atoms. The minimum absolute atomic E-state index is 0.0391. The molecule has 1 atom stereocenters. The zero-order chi connectivity index (χ0) is 34.8. The first kappa shape index (κ1) is 35.9. The summed E-state index contributed by atoms with van der Waals surface area (Å²) in [5.41, 5.74) is 1.41. The highest BCUT2D eigenvalue weighted by Gasteiger charge is 2.36. The standard InChI is InChI=1S/C35H38ClN3O8S/c1-37-35(41)30(19-24-11-7-6-8-12-24)38(22-25-13-9-10-14-28(25)36)34(40)23-39(29-20-26(44-2)15-17-31(29)45-3)48(42,43)27-16-18-32(46-4)33(21-27)47-5/h6-18,20-21,30H,19,22-23H2,1-5H3,(H,37,41)/t30-/m0/s1. The number of halogens is 1. The van der Waals surface area contributed by atoms with Crippen molar-refractivity contribution in [1.82, 2.24) is 10.2 Å². The van der Waals surface area contributed by atoms with Crippen LogP contribution in [0.3, 0.4) is 0 Å². The molecule has 0 aliphatic heterocycles. The van der Waals surface area contributed by atoms with Gasteiger partial charge in [0.15, 0.2) is 11.5 Å². The Hall–Kier alpha value is -4.94. The Morgan fingerprint density at radius 2 is 1.44 bits per heavy atom. The molecule has 0 heterocycles. The summed E-state index contributed by atoms with van der Waals surface area (Å²) < 4.78 is 51.7. The van der Waals surface area contributed by atoms with Crippen LogP contribution < -0.4 is 28.6 Å². The van der Waals surface area contributed by atoms with Crippen LogP contribution >= 0.6 is 11.6 Å². The SMILES string of the molecule is CNC(=O)[C@H](Cc1ccccc1)N(Cc1ccccc1Cl)C(=O)CN(c1cc(OC)ccc1OC)S(=O)(=O)c1ccc(OC)c(OC)c1. The Kier molecular flexibility index (Phi) is 12.2. The predicted octanol–water partition coefficient (Wildman–Crippen LogP) is 4.96. The third-order valence-corrected chi connectivity index (χ3v) is 9.82. The van der Waals surface area contributed by atoms with E-state index in [0.717, 1.165) is 9.87 Å². The van der Waals surface area contributed by atoms with Crippen LogP contribution in [0.2, 0.25) is 5.02 Å². The number of anilines is 1. The van der Waals surface area contributed by atoms with Gasteiger partial charge < -0.3 is 29.2 Å². The van der Waals surface area contributed by atoms with Crippen LogP contribution in [0.5, 0.6) is 23.0 Å². The Morgan fingerprint density at radius 1 is 0.792 bits per heavy atom. The zero-order valence-electron chi connectivity index (χ0n) is 27.3. The highest BCUT2D eigenvalue weighted by atomic mass is 35.5. The molecule has 0 saturated carbocycles. The van der Waals surface area contributed by atoms with Gasteiger partial charge in [0, 0.05) is 37.2 Å². The van der Waals surface area contributed by atoms with Gasteiger partial charge in [-0.3, -0.25) is 13.9 Å². The molecule has 0 aromatic heterocycles. The van der Waals surface area contributed by atoms with E-state index in [1.807, 2.05) is 30.3 Å². The second-order valence-electron chi connectivity index (χ2n) is 10.5. The Morgan fingerprint density at radius 3 is 2.06 bits per heavy atom. The van der Waals surface area contributed by atoms with Gasteiger partial charge in [-0.15, -0.1) is 0 Å². The lowest BCUT2D eigenvalue weighted by atomic mass is 10.0. The number of carbonyl (C=O) groups excluding carboxylic acids is 2. The molecule has 4 rings (SSSR count). The van der Waals surface area contributed by atoms with Crippen molar-refractivity contribution in [1.29, 1.82) is 0 Å². The smallest absolute Gasteiger partial charge is 0.265 e. The van der Waals surface area contributed by atoms with Crippen molar-refractivity contribution in [2.45, 2.75) is 23.9 Å². The number of sulfonamides is 1. The van der Waals surface area contributed by atoms with Crippen molar-refractivity contribution in [3.63, 3.8) is 0 Å². The first-order chi connectivity index (χ1) is 23.1. The third kappa shape index (κ3) is 8.12. The molecule has 0 saturated heterocycles. The summed E-state index contributed by atoms with van der Waals surface area (Å²) in [5.74, 6) is -0.132. The van der Waals surface area contributed by atoms with Crippen LogP contribution in [0.15, 0.2) is 95.9 Å². The first-order valence-electron chi connectivity index (χ1n) is 14.8. The molecule has 0 aliphatic rings. The van der Waals surface area contributed by atoms with Crippen molar-refractivity contribution < 1.29 is 37.0 Å². The van der Waals surface area contributed by atoms with Crippen molar-refractivity contribution in [3.05, 3.63) is 107 Å². The van der Waals surface area contributed by atoms with Crippen LogP contribution in [-0.2, 0) is 32.6 Å². The van der Waals surface area contributed by atoms with E-state index in [1.165, 1.54) is 64.7 Å². The van der Waals surface area contributed by atoms with Gasteiger partial charge in [0.25, 0.3) is 10.0 Å². The molecule has 48 heavy (non-hydrogen) atoms. The lowest BCUT2D eigenvalue weighted by Gasteiger charge is -2.34. The largest absolute Gasteiger partial charge is 0.497 e. The molecular weight excluding hydrogens is 658 g/mol. The summed E-state index contributed by atoms with van der Waals surface area (Å²) in [6.07, 6.45) is 0.154. The summed E-state index contributed by atoms with van der Waals surface area (Å²) in [6.45, 7) is -0.796. The van der Waals surface area contributed by atoms with E-state index in [4.69, 9.17) is 30.5 Å². The summed E-state index contributed by atoms with van der Waals surface area (Å²) in [7, 11) is 2.63. The highest BCUT2D eigenvalue weighted by Crippen LogP contribution is 2.38. The minimum atomic E-state index is -4.50. The van der Waals surface area contributed by atoms with E-state index >= 15 is 0 Å². The van der Waals surface area contributed by atoms with Gasteiger partial charge >= 0.3 is 0 Å². The third-order valence-electron chi connectivity index (χ3n) is 7.69. The molecule has 0 spiro atoms. The average Bonchev–Trinajstić information content (AvgIpc) is 3.11. The van der Waals surface area contributed by atoms with E-state index in [-0.39, 0.29) is 35.0 Å². The Labute approximate surface area is 286 Å². The van der Waals surface area contributed by atoms with Crippen LogP contribution in [0.25, 0.3) is 0 Å². The van der Waals surface area contributed by atoms with Crippen LogP contribution in [0.1, 0.15) is 11.1 Å². The molecule has 13 heteroatoms. The second-order valence-corrected chi connectivity index (χ2v) is 12.8. The molecule has 11 nitrogen and oxygen atoms in total. The number of carbonyl (C=O) groups is 2. The van der Waals surface area contributed by atoms with Gasteiger partial charge in [-0.1, -0.05) is 60.1 Å². The normalized spacial score (nSPS) is 11.6. The van der Waals surface area contributed by atoms with Gasteiger partial charge in [-0.2, -0.15) is 0 Å². The number of hydrogen-bond donors (Lipinski definition) is 1. The van der Waals surface area contributed by atoms with E-state index in [0.29, 0.717) is 22.1 Å². The number of benzene rings is 4. The molecule has 2 amide bonds. The van der Waals surface area contributed by atoms with Crippen molar-refractivity contribution in [2.75, 3.05) is 46.3 Å². The lowest BCUT2D eigenvalue weighted by molar-refractivity contribution is -0.139. The van der Waals surface area contributed by atoms with Crippen LogP contribution in [0.4, 0.5) is 5.69 Å². The van der Waals surface area contributed by atoms with Crippen molar-refractivity contribution in [3.8, 4) is 23.0 Å². The molecule has 0 radical (unpaired) electrons. The average molecular weight is 696 g/mol. The van der Waals surface area contributed by atoms with Crippen LogP contribution in [-0.4, -0.2) is 73.2 Å². The molecule has 0 aliphatic carbocycles. The van der Waals surface area contributed by atoms with Gasteiger partial charge in [-0.25, -0.2) is 8.42 Å². The molecule has 4 aromatic rings. The summed E-state index contributed by atoms with van der Waals surface area (Å²) >= 11 is 6.53. The summed E-state index contributed by atoms with van der Waals surface area (Å²) in [5, 5.41) is 3.04. The van der Waals surface area contributed by atoms with E-state index in [9.17, 15) is 18.0 Å². The molecule has 1 N–H and O–H groups in total.